The van der Waals surface area contributed by atoms with Gasteiger partial charge in [0.25, 0.3) is 0 Å². The molecule has 0 fully saturated rings. The number of carbonyl (C=O) groups is 2. The van der Waals surface area contributed by atoms with Crippen molar-refractivity contribution in [1.82, 2.24) is 20.4 Å². The second-order valence-electron chi connectivity index (χ2n) is 4.47. The summed E-state index contributed by atoms with van der Waals surface area (Å²) in [5, 5.41) is 17.9. The molecule has 0 aliphatic rings. The molecule has 0 spiro atoms. The van der Waals surface area contributed by atoms with Gasteiger partial charge in [-0.15, -0.1) is 0 Å². The quantitative estimate of drug-likeness (QED) is 0.718. The molecule has 0 radical (unpaired) electrons. The molecule has 18 heavy (non-hydrogen) atoms. The fourth-order valence-corrected chi connectivity index (χ4v) is 1.47. The smallest absolute Gasteiger partial charge is 0.326 e. The molecule has 7 heteroatoms. The maximum absolute atomic E-state index is 11.8. The number of H-pyrrole nitrogens is 1. The van der Waals surface area contributed by atoms with Crippen LogP contribution in [0.2, 0.25) is 0 Å². The van der Waals surface area contributed by atoms with Gasteiger partial charge in [-0.2, -0.15) is 5.10 Å². The lowest BCUT2D eigenvalue weighted by Crippen LogP contribution is -2.48. The highest BCUT2D eigenvalue weighted by atomic mass is 16.4. The Balaban J connectivity index is 2.56. The van der Waals surface area contributed by atoms with Crippen molar-refractivity contribution in [2.45, 2.75) is 26.4 Å². The van der Waals surface area contributed by atoms with E-state index in [-0.39, 0.29) is 5.92 Å². The van der Waals surface area contributed by atoms with Crippen molar-refractivity contribution in [2.75, 3.05) is 7.05 Å². The SMILES string of the molecule is CC(C)C(NC(=O)N(C)Cc1cn[nH]c1)C(=O)O. The lowest BCUT2D eigenvalue weighted by atomic mass is 10.1. The number of nitrogens with one attached hydrogen (secondary N) is 2. The number of rotatable bonds is 5. The number of amides is 2. The van der Waals surface area contributed by atoms with Crippen molar-refractivity contribution in [1.29, 1.82) is 0 Å². The third kappa shape index (κ3) is 3.76. The Morgan fingerprint density at radius 3 is 2.67 bits per heavy atom. The Hall–Kier alpha value is -2.05. The van der Waals surface area contributed by atoms with E-state index in [0.717, 1.165) is 5.56 Å². The first-order chi connectivity index (χ1) is 8.41. The number of nitrogens with zero attached hydrogens (tertiary/aromatic N) is 2. The van der Waals surface area contributed by atoms with E-state index in [2.05, 4.69) is 15.5 Å². The van der Waals surface area contributed by atoms with Gasteiger partial charge in [0.15, 0.2) is 0 Å². The van der Waals surface area contributed by atoms with Crippen LogP contribution in [0.15, 0.2) is 12.4 Å². The molecule has 7 nitrogen and oxygen atoms in total. The second-order valence-corrected chi connectivity index (χ2v) is 4.47. The second kappa shape index (κ2) is 6.04. The third-order valence-electron chi connectivity index (χ3n) is 2.53. The van der Waals surface area contributed by atoms with E-state index in [1.165, 1.54) is 4.90 Å². The van der Waals surface area contributed by atoms with E-state index in [1.54, 1.807) is 33.3 Å². The van der Waals surface area contributed by atoms with Crippen molar-refractivity contribution in [3.8, 4) is 0 Å². The van der Waals surface area contributed by atoms with Gasteiger partial charge in [-0.3, -0.25) is 5.10 Å². The predicted octanol–water partition coefficient (Wildman–Crippen LogP) is 0.660. The molecule has 2 amide bonds. The molecule has 1 aromatic heterocycles. The zero-order chi connectivity index (χ0) is 13.7. The topological polar surface area (TPSA) is 98.3 Å². The molecule has 1 rings (SSSR count). The molecule has 1 aromatic rings. The summed E-state index contributed by atoms with van der Waals surface area (Å²) in [6.07, 6.45) is 3.29. The number of hydrogen-bond acceptors (Lipinski definition) is 3. The van der Waals surface area contributed by atoms with Crippen LogP contribution < -0.4 is 5.32 Å². The number of carboxylic acid groups (broad SMARTS) is 1. The summed E-state index contributed by atoms with van der Waals surface area (Å²) in [6.45, 7) is 3.86. The van der Waals surface area contributed by atoms with Gasteiger partial charge in [-0.1, -0.05) is 13.8 Å². The van der Waals surface area contributed by atoms with E-state index >= 15 is 0 Å². The minimum Gasteiger partial charge on any atom is -0.480 e. The standard InChI is InChI=1S/C11H18N4O3/c1-7(2)9(10(16)17)14-11(18)15(3)6-8-4-12-13-5-8/h4-5,7,9H,6H2,1-3H3,(H,12,13)(H,14,18)(H,16,17). The predicted molar refractivity (Wildman–Crippen MR) is 64.8 cm³/mol. The van der Waals surface area contributed by atoms with Gasteiger partial charge in [-0.25, -0.2) is 9.59 Å². The van der Waals surface area contributed by atoms with Gasteiger partial charge < -0.3 is 15.3 Å². The Labute approximate surface area is 105 Å². The minimum absolute atomic E-state index is 0.172. The van der Waals surface area contributed by atoms with Crippen LogP contribution in [-0.4, -0.2) is 45.3 Å². The number of carboxylic acids is 1. The van der Waals surface area contributed by atoms with Crippen molar-refractivity contribution >= 4 is 12.0 Å². The van der Waals surface area contributed by atoms with Crippen LogP contribution in [0, 0.1) is 5.92 Å². The summed E-state index contributed by atoms with van der Waals surface area (Å²) in [4.78, 5) is 24.2. The summed E-state index contributed by atoms with van der Waals surface area (Å²) in [5.74, 6) is -1.20. The maximum atomic E-state index is 11.8. The molecule has 1 heterocycles. The molecule has 0 aliphatic heterocycles. The van der Waals surface area contributed by atoms with Crippen LogP contribution in [0.25, 0.3) is 0 Å². The average Bonchev–Trinajstić information content (AvgIpc) is 2.77. The van der Waals surface area contributed by atoms with Crippen LogP contribution in [0.3, 0.4) is 0 Å². The molecule has 3 N–H and O–H groups in total. The molecular weight excluding hydrogens is 236 g/mol. The summed E-state index contributed by atoms with van der Waals surface area (Å²) in [5.41, 5.74) is 0.851. The minimum atomic E-state index is -1.03. The van der Waals surface area contributed by atoms with Crippen molar-refractivity contribution in [2.24, 2.45) is 5.92 Å². The van der Waals surface area contributed by atoms with Gasteiger partial charge in [0, 0.05) is 18.8 Å². The lowest BCUT2D eigenvalue weighted by molar-refractivity contribution is -0.140. The van der Waals surface area contributed by atoms with E-state index in [1.807, 2.05) is 0 Å². The Morgan fingerprint density at radius 2 is 2.22 bits per heavy atom. The average molecular weight is 254 g/mol. The highest BCUT2D eigenvalue weighted by Gasteiger charge is 2.24. The van der Waals surface area contributed by atoms with E-state index in [0.29, 0.717) is 6.54 Å². The fraction of sp³-hybridized carbons (Fsp3) is 0.545. The monoisotopic (exact) mass is 254 g/mol. The first kappa shape index (κ1) is 14.0. The Morgan fingerprint density at radius 1 is 1.56 bits per heavy atom. The third-order valence-corrected chi connectivity index (χ3v) is 2.53. The van der Waals surface area contributed by atoms with Crippen LogP contribution in [0.1, 0.15) is 19.4 Å². The summed E-state index contributed by atoms with van der Waals surface area (Å²) in [6, 6.07) is -1.30. The van der Waals surface area contributed by atoms with Gasteiger partial charge >= 0.3 is 12.0 Å². The van der Waals surface area contributed by atoms with Gasteiger partial charge in [-0.05, 0) is 5.92 Å². The number of carbonyl (C=O) groups excluding carboxylic acids is 1. The summed E-state index contributed by atoms with van der Waals surface area (Å²) >= 11 is 0. The molecular formula is C11H18N4O3. The molecule has 0 saturated heterocycles. The highest BCUT2D eigenvalue weighted by Crippen LogP contribution is 2.04. The maximum Gasteiger partial charge on any atom is 0.326 e. The molecule has 0 bridgehead atoms. The fourth-order valence-electron chi connectivity index (χ4n) is 1.47. The normalized spacial score (nSPS) is 12.2. The van der Waals surface area contributed by atoms with Crippen LogP contribution in [-0.2, 0) is 11.3 Å². The van der Waals surface area contributed by atoms with Crippen LogP contribution in [0.5, 0.6) is 0 Å². The number of hydrogen-bond donors (Lipinski definition) is 3. The molecule has 100 valence electrons. The van der Waals surface area contributed by atoms with Gasteiger partial charge in [0.05, 0.1) is 12.7 Å². The number of urea groups is 1. The van der Waals surface area contributed by atoms with Crippen molar-refractivity contribution < 1.29 is 14.7 Å². The van der Waals surface area contributed by atoms with E-state index in [9.17, 15) is 9.59 Å². The molecule has 1 atom stereocenters. The van der Waals surface area contributed by atoms with Gasteiger partial charge in [0.2, 0.25) is 0 Å². The summed E-state index contributed by atoms with van der Waals surface area (Å²) in [7, 11) is 1.60. The number of aliphatic carboxylic acids is 1. The molecule has 0 aliphatic carbocycles. The van der Waals surface area contributed by atoms with Crippen molar-refractivity contribution in [3.05, 3.63) is 18.0 Å². The number of aromatic amines is 1. The van der Waals surface area contributed by atoms with Gasteiger partial charge in [0.1, 0.15) is 6.04 Å². The lowest BCUT2D eigenvalue weighted by Gasteiger charge is -2.22. The Bertz CT molecular complexity index is 402. The molecule has 1 unspecified atom stereocenters. The first-order valence-corrected chi connectivity index (χ1v) is 5.64. The van der Waals surface area contributed by atoms with Crippen molar-refractivity contribution in [3.63, 3.8) is 0 Å². The zero-order valence-corrected chi connectivity index (χ0v) is 10.7. The Kier molecular flexibility index (Phi) is 4.70. The molecule has 0 aromatic carbocycles. The number of aromatic nitrogens is 2. The van der Waals surface area contributed by atoms with E-state index in [4.69, 9.17) is 5.11 Å². The largest absolute Gasteiger partial charge is 0.480 e. The van der Waals surface area contributed by atoms with E-state index < -0.39 is 18.0 Å². The first-order valence-electron chi connectivity index (χ1n) is 5.64. The highest BCUT2D eigenvalue weighted by molar-refractivity contribution is 5.82. The summed E-state index contributed by atoms with van der Waals surface area (Å²) < 4.78 is 0. The van der Waals surface area contributed by atoms with Crippen LogP contribution in [0.4, 0.5) is 4.79 Å². The molecule has 0 saturated carbocycles. The zero-order valence-electron chi connectivity index (χ0n) is 10.7. The van der Waals surface area contributed by atoms with Crippen LogP contribution >= 0.6 is 0 Å².